The van der Waals surface area contributed by atoms with E-state index < -0.39 is 6.04 Å². The second kappa shape index (κ2) is 6.76. The van der Waals surface area contributed by atoms with Crippen molar-refractivity contribution in [2.75, 3.05) is 13.6 Å². The smallest absolute Gasteiger partial charge is 0.239 e. The van der Waals surface area contributed by atoms with Crippen LogP contribution in [0.2, 0.25) is 5.02 Å². The van der Waals surface area contributed by atoms with Crippen molar-refractivity contribution in [1.82, 2.24) is 4.90 Å². The molecule has 0 aliphatic rings. The Morgan fingerprint density at radius 3 is 2.56 bits per heavy atom. The van der Waals surface area contributed by atoms with E-state index in [1.165, 1.54) is 0 Å². The number of carbonyl (C=O) groups is 1. The molecule has 1 aromatic rings. The molecule has 4 heteroatoms. The molecule has 100 valence electrons. The third-order valence-electron chi connectivity index (χ3n) is 3.05. The van der Waals surface area contributed by atoms with Crippen molar-refractivity contribution in [2.45, 2.75) is 26.3 Å². The van der Waals surface area contributed by atoms with Crippen molar-refractivity contribution < 1.29 is 4.79 Å². The molecule has 0 spiro atoms. The molecule has 18 heavy (non-hydrogen) atoms. The van der Waals surface area contributed by atoms with Crippen molar-refractivity contribution >= 4 is 17.5 Å². The second-order valence-corrected chi connectivity index (χ2v) is 5.28. The number of nitrogens with two attached hydrogens (primary N) is 1. The van der Waals surface area contributed by atoms with Gasteiger partial charge in [-0.25, -0.2) is 0 Å². The summed E-state index contributed by atoms with van der Waals surface area (Å²) >= 11 is 6.07. The highest BCUT2D eigenvalue weighted by Crippen LogP contribution is 2.15. The highest BCUT2D eigenvalue weighted by atomic mass is 35.5. The zero-order valence-electron chi connectivity index (χ0n) is 11.2. The molecule has 1 atom stereocenters. The maximum Gasteiger partial charge on any atom is 0.239 e. The van der Waals surface area contributed by atoms with Crippen LogP contribution in [0.4, 0.5) is 0 Å². The molecule has 1 amide bonds. The van der Waals surface area contributed by atoms with E-state index in [-0.39, 0.29) is 11.8 Å². The number of likely N-dealkylation sites (N-methyl/N-ethyl adjacent to an activating group) is 1. The highest BCUT2D eigenvalue weighted by Gasteiger charge is 2.20. The number of halogens is 1. The van der Waals surface area contributed by atoms with Crippen LogP contribution in [0.5, 0.6) is 0 Å². The van der Waals surface area contributed by atoms with E-state index in [0.29, 0.717) is 6.54 Å². The summed E-state index contributed by atoms with van der Waals surface area (Å²) in [7, 11) is 1.78. The molecule has 0 fully saturated rings. The average molecular weight is 269 g/mol. The van der Waals surface area contributed by atoms with E-state index in [1.807, 2.05) is 38.1 Å². The Labute approximate surface area is 114 Å². The third-order valence-corrected chi connectivity index (χ3v) is 3.42. The minimum atomic E-state index is -0.429. The quantitative estimate of drug-likeness (QED) is 0.891. The monoisotopic (exact) mass is 268 g/mol. The first kappa shape index (κ1) is 15.0. The Hall–Kier alpha value is -1.06. The first-order valence-corrected chi connectivity index (χ1v) is 6.55. The molecule has 0 aliphatic heterocycles. The summed E-state index contributed by atoms with van der Waals surface area (Å²) in [6, 6.07) is 7.25. The number of hydrogen-bond donors (Lipinski definition) is 1. The van der Waals surface area contributed by atoms with Crippen molar-refractivity contribution in [3.8, 4) is 0 Å². The van der Waals surface area contributed by atoms with E-state index in [9.17, 15) is 4.79 Å². The summed E-state index contributed by atoms with van der Waals surface area (Å²) in [5.74, 6) is 0.136. The molecular formula is C14H21ClN2O. The van der Waals surface area contributed by atoms with Crippen molar-refractivity contribution in [1.29, 1.82) is 0 Å². The average Bonchev–Trinajstić information content (AvgIpc) is 2.35. The lowest BCUT2D eigenvalue weighted by Gasteiger charge is -2.23. The van der Waals surface area contributed by atoms with Crippen LogP contribution >= 0.6 is 11.6 Å². The minimum Gasteiger partial charge on any atom is -0.344 e. The Balaban J connectivity index is 2.54. The number of rotatable bonds is 5. The molecule has 1 aromatic carbocycles. The van der Waals surface area contributed by atoms with E-state index in [2.05, 4.69) is 0 Å². The van der Waals surface area contributed by atoms with Crippen LogP contribution in [-0.4, -0.2) is 30.4 Å². The largest absolute Gasteiger partial charge is 0.344 e. The molecule has 1 rings (SSSR count). The fourth-order valence-corrected chi connectivity index (χ4v) is 1.87. The summed E-state index contributed by atoms with van der Waals surface area (Å²) in [4.78, 5) is 13.6. The predicted molar refractivity (Wildman–Crippen MR) is 75.6 cm³/mol. The van der Waals surface area contributed by atoms with Gasteiger partial charge >= 0.3 is 0 Å². The van der Waals surface area contributed by atoms with Crippen LogP contribution in [-0.2, 0) is 11.2 Å². The van der Waals surface area contributed by atoms with Gasteiger partial charge in [0, 0.05) is 18.6 Å². The first-order valence-electron chi connectivity index (χ1n) is 6.17. The molecule has 0 aromatic heterocycles. The van der Waals surface area contributed by atoms with E-state index >= 15 is 0 Å². The van der Waals surface area contributed by atoms with Gasteiger partial charge in [-0.15, -0.1) is 0 Å². The first-order chi connectivity index (χ1) is 8.43. The van der Waals surface area contributed by atoms with E-state index in [4.69, 9.17) is 17.3 Å². The van der Waals surface area contributed by atoms with Crippen LogP contribution < -0.4 is 5.73 Å². The fraction of sp³-hybridized carbons (Fsp3) is 0.500. The lowest BCUT2D eigenvalue weighted by Crippen LogP contribution is -2.45. The van der Waals surface area contributed by atoms with Crippen molar-refractivity contribution in [3.05, 3.63) is 34.9 Å². The van der Waals surface area contributed by atoms with Crippen LogP contribution in [0.15, 0.2) is 24.3 Å². The standard InChI is InChI=1S/C14H21ClN2O/c1-10(2)13(16)14(18)17(3)9-8-11-6-4-5-7-12(11)15/h4-7,10,13H,8-9,16H2,1-3H3. The van der Waals surface area contributed by atoms with Crippen LogP contribution in [0.1, 0.15) is 19.4 Å². The molecule has 0 saturated carbocycles. The summed E-state index contributed by atoms with van der Waals surface area (Å²) in [5.41, 5.74) is 6.90. The van der Waals surface area contributed by atoms with Gasteiger partial charge < -0.3 is 10.6 Å². The Bertz CT molecular complexity index is 407. The highest BCUT2D eigenvalue weighted by molar-refractivity contribution is 6.31. The lowest BCUT2D eigenvalue weighted by molar-refractivity contribution is -0.132. The minimum absolute atomic E-state index is 0.0166. The molecule has 0 aliphatic carbocycles. The van der Waals surface area contributed by atoms with Crippen LogP contribution in [0.25, 0.3) is 0 Å². The van der Waals surface area contributed by atoms with Gasteiger partial charge in [0.1, 0.15) is 0 Å². The molecule has 2 N–H and O–H groups in total. The SMILES string of the molecule is CC(C)C(N)C(=O)N(C)CCc1ccccc1Cl. The summed E-state index contributed by atoms with van der Waals surface area (Å²) in [6.07, 6.45) is 0.743. The molecular weight excluding hydrogens is 248 g/mol. The number of carbonyl (C=O) groups excluding carboxylic acids is 1. The summed E-state index contributed by atoms with van der Waals surface area (Å²) in [6.45, 7) is 4.53. The van der Waals surface area contributed by atoms with E-state index in [0.717, 1.165) is 17.0 Å². The molecule has 3 nitrogen and oxygen atoms in total. The molecule has 0 bridgehead atoms. The zero-order chi connectivity index (χ0) is 13.7. The van der Waals surface area contributed by atoms with Crippen LogP contribution in [0.3, 0.4) is 0 Å². The fourth-order valence-electron chi connectivity index (χ4n) is 1.64. The van der Waals surface area contributed by atoms with Gasteiger partial charge in [0.25, 0.3) is 0 Å². The summed E-state index contributed by atoms with van der Waals surface area (Å²) in [5, 5.41) is 0.742. The number of hydrogen-bond acceptors (Lipinski definition) is 2. The Morgan fingerprint density at radius 1 is 1.39 bits per heavy atom. The van der Waals surface area contributed by atoms with E-state index in [1.54, 1.807) is 11.9 Å². The molecule has 1 unspecified atom stereocenters. The van der Waals surface area contributed by atoms with Gasteiger partial charge in [0.05, 0.1) is 6.04 Å². The molecule has 0 saturated heterocycles. The van der Waals surface area contributed by atoms with Gasteiger partial charge in [0.15, 0.2) is 0 Å². The van der Waals surface area contributed by atoms with Crippen molar-refractivity contribution in [3.63, 3.8) is 0 Å². The molecule has 0 heterocycles. The Morgan fingerprint density at radius 2 is 2.00 bits per heavy atom. The predicted octanol–water partition coefficient (Wildman–Crippen LogP) is 2.32. The zero-order valence-corrected chi connectivity index (χ0v) is 11.9. The second-order valence-electron chi connectivity index (χ2n) is 4.87. The number of amides is 1. The number of benzene rings is 1. The maximum absolute atomic E-state index is 12.0. The third kappa shape index (κ3) is 4.00. The van der Waals surface area contributed by atoms with Crippen LogP contribution in [0, 0.1) is 5.92 Å². The van der Waals surface area contributed by atoms with Gasteiger partial charge in [-0.05, 0) is 24.0 Å². The maximum atomic E-state index is 12.0. The van der Waals surface area contributed by atoms with Crippen molar-refractivity contribution in [2.24, 2.45) is 11.7 Å². The topological polar surface area (TPSA) is 46.3 Å². The van der Waals surface area contributed by atoms with Gasteiger partial charge in [0.2, 0.25) is 5.91 Å². The van der Waals surface area contributed by atoms with Gasteiger partial charge in [-0.1, -0.05) is 43.6 Å². The lowest BCUT2D eigenvalue weighted by atomic mass is 10.0. The number of nitrogens with zero attached hydrogens (tertiary/aromatic N) is 1. The summed E-state index contributed by atoms with van der Waals surface area (Å²) < 4.78 is 0. The van der Waals surface area contributed by atoms with Gasteiger partial charge in [-0.3, -0.25) is 4.79 Å². The molecule has 0 radical (unpaired) electrons. The Kier molecular flexibility index (Phi) is 5.63. The van der Waals surface area contributed by atoms with Gasteiger partial charge in [-0.2, -0.15) is 0 Å². The normalized spacial score (nSPS) is 12.6.